The molecule has 0 aromatic heterocycles. The second-order valence-corrected chi connectivity index (χ2v) is 6.47. The first kappa shape index (κ1) is 18.5. The predicted octanol–water partition coefficient (Wildman–Crippen LogP) is 4.90. The van der Waals surface area contributed by atoms with E-state index in [0.717, 1.165) is 17.7 Å². The Morgan fingerprint density at radius 3 is 1.74 bits per heavy atom. The van der Waals surface area contributed by atoms with Crippen molar-refractivity contribution in [1.29, 1.82) is 0 Å². The van der Waals surface area contributed by atoms with E-state index in [1.54, 1.807) is 0 Å². The Hall–Kier alpha value is -3.26. The number of aryl methyl sites for hydroxylation is 1. The number of hydrogen-bond acceptors (Lipinski definition) is 1. The van der Waals surface area contributed by atoms with Crippen molar-refractivity contribution in [2.75, 3.05) is 13.1 Å². The maximum atomic E-state index is 3.29. The Bertz CT molecular complexity index is 907. The van der Waals surface area contributed by atoms with E-state index in [4.69, 9.17) is 0 Å². The molecule has 0 amide bonds. The Labute approximate surface area is 162 Å². The Morgan fingerprint density at radius 2 is 1.22 bits per heavy atom. The summed E-state index contributed by atoms with van der Waals surface area (Å²) < 4.78 is 0. The van der Waals surface area contributed by atoms with Gasteiger partial charge < -0.3 is 0 Å². The lowest BCUT2D eigenvalue weighted by molar-refractivity contribution is 0.337. The van der Waals surface area contributed by atoms with Crippen LogP contribution in [-0.4, -0.2) is 18.0 Å². The zero-order chi connectivity index (χ0) is 18.7. The highest BCUT2D eigenvalue weighted by Gasteiger charge is 2.03. The normalized spacial score (nSPS) is 9.85. The summed E-state index contributed by atoms with van der Waals surface area (Å²) in [6.07, 6.45) is 0. The van der Waals surface area contributed by atoms with Crippen molar-refractivity contribution in [2.24, 2.45) is 0 Å². The molecule has 0 atom stereocenters. The van der Waals surface area contributed by atoms with Gasteiger partial charge in [-0.1, -0.05) is 89.9 Å². The standard InChI is InChI=1S/C26H23N/c1-23-11-8-16-26(21-23)22-27(19-9-17-24-12-4-2-5-13-24)20-10-18-25-14-6-3-7-15-25/h2-8,11-16,21H,19-20,22H2,1H3. The summed E-state index contributed by atoms with van der Waals surface area (Å²) >= 11 is 0. The first-order chi connectivity index (χ1) is 13.3. The van der Waals surface area contributed by atoms with Gasteiger partial charge in [0.1, 0.15) is 0 Å². The summed E-state index contributed by atoms with van der Waals surface area (Å²) in [5, 5.41) is 0. The van der Waals surface area contributed by atoms with Crippen molar-refractivity contribution < 1.29 is 0 Å². The molecule has 0 bridgehead atoms. The van der Waals surface area contributed by atoms with Crippen LogP contribution in [-0.2, 0) is 6.54 Å². The molecule has 3 aromatic carbocycles. The lowest BCUT2D eigenvalue weighted by atomic mass is 10.1. The van der Waals surface area contributed by atoms with Crippen LogP contribution in [0.1, 0.15) is 22.3 Å². The van der Waals surface area contributed by atoms with Gasteiger partial charge in [-0.2, -0.15) is 0 Å². The lowest BCUT2D eigenvalue weighted by Gasteiger charge is -2.17. The first-order valence-electron chi connectivity index (χ1n) is 9.15. The van der Waals surface area contributed by atoms with E-state index in [1.807, 2.05) is 60.7 Å². The Kier molecular flexibility index (Phi) is 6.88. The van der Waals surface area contributed by atoms with E-state index < -0.39 is 0 Å². The van der Waals surface area contributed by atoms with Gasteiger partial charge in [0.05, 0.1) is 13.1 Å². The van der Waals surface area contributed by atoms with Crippen LogP contribution in [0.15, 0.2) is 84.9 Å². The molecule has 3 rings (SSSR count). The molecule has 0 N–H and O–H groups in total. The summed E-state index contributed by atoms with van der Waals surface area (Å²) in [6.45, 7) is 4.34. The molecule has 1 nitrogen and oxygen atoms in total. The van der Waals surface area contributed by atoms with Crippen LogP contribution in [0.3, 0.4) is 0 Å². The zero-order valence-electron chi connectivity index (χ0n) is 15.7. The van der Waals surface area contributed by atoms with Crippen molar-refractivity contribution in [3.63, 3.8) is 0 Å². The van der Waals surface area contributed by atoms with Crippen LogP contribution in [0, 0.1) is 30.6 Å². The third kappa shape index (κ3) is 6.52. The van der Waals surface area contributed by atoms with E-state index in [0.29, 0.717) is 13.1 Å². The fourth-order valence-electron chi connectivity index (χ4n) is 2.79. The van der Waals surface area contributed by atoms with Gasteiger partial charge >= 0.3 is 0 Å². The quantitative estimate of drug-likeness (QED) is 0.606. The summed E-state index contributed by atoms with van der Waals surface area (Å²) in [5.41, 5.74) is 4.66. The van der Waals surface area contributed by atoms with Crippen molar-refractivity contribution in [3.05, 3.63) is 107 Å². The van der Waals surface area contributed by atoms with Gasteiger partial charge in [-0.3, -0.25) is 4.90 Å². The number of rotatable bonds is 4. The van der Waals surface area contributed by atoms with Crippen LogP contribution in [0.2, 0.25) is 0 Å². The average molecular weight is 349 g/mol. The lowest BCUT2D eigenvalue weighted by Crippen LogP contribution is -2.24. The fraction of sp³-hybridized carbons (Fsp3) is 0.154. The zero-order valence-corrected chi connectivity index (χ0v) is 15.7. The van der Waals surface area contributed by atoms with Gasteiger partial charge in [0.15, 0.2) is 0 Å². The highest BCUT2D eigenvalue weighted by Crippen LogP contribution is 2.07. The molecule has 0 saturated carbocycles. The first-order valence-corrected chi connectivity index (χ1v) is 9.15. The summed E-state index contributed by atoms with van der Waals surface area (Å²) in [7, 11) is 0. The van der Waals surface area contributed by atoms with E-state index in [2.05, 4.69) is 59.8 Å². The molecule has 3 aromatic rings. The van der Waals surface area contributed by atoms with Crippen LogP contribution in [0.25, 0.3) is 0 Å². The molecule has 0 aliphatic heterocycles. The molecule has 0 radical (unpaired) electrons. The van der Waals surface area contributed by atoms with E-state index in [1.165, 1.54) is 11.1 Å². The summed E-state index contributed by atoms with van der Waals surface area (Å²) in [4.78, 5) is 2.28. The topological polar surface area (TPSA) is 3.24 Å². The third-order valence-electron chi connectivity index (χ3n) is 4.11. The average Bonchev–Trinajstić information content (AvgIpc) is 2.69. The Balaban J connectivity index is 1.70. The van der Waals surface area contributed by atoms with Gasteiger partial charge in [-0.25, -0.2) is 0 Å². The summed E-state index contributed by atoms with van der Waals surface area (Å²) in [5.74, 6) is 13.1. The minimum absolute atomic E-state index is 0.687. The van der Waals surface area contributed by atoms with Crippen LogP contribution < -0.4 is 0 Å². The highest BCUT2D eigenvalue weighted by molar-refractivity contribution is 5.35. The second-order valence-electron chi connectivity index (χ2n) is 6.47. The molecule has 0 saturated heterocycles. The molecule has 27 heavy (non-hydrogen) atoms. The highest BCUT2D eigenvalue weighted by atomic mass is 15.1. The molecule has 1 heteroatoms. The van der Waals surface area contributed by atoms with Gasteiger partial charge in [0.25, 0.3) is 0 Å². The van der Waals surface area contributed by atoms with Crippen molar-refractivity contribution in [3.8, 4) is 23.7 Å². The van der Waals surface area contributed by atoms with Crippen LogP contribution in [0.5, 0.6) is 0 Å². The van der Waals surface area contributed by atoms with Gasteiger partial charge in [-0.05, 0) is 36.8 Å². The largest absolute Gasteiger partial charge is 0.277 e. The number of nitrogens with zero attached hydrogens (tertiary/aromatic N) is 1. The predicted molar refractivity (Wildman–Crippen MR) is 113 cm³/mol. The monoisotopic (exact) mass is 349 g/mol. The van der Waals surface area contributed by atoms with Crippen LogP contribution in [0.4, 0.5) is 0 Å². The molecule has 0 spiro atoms. The molecule has 0 aliphatic carbocycles. The van der Waals surface area contributed by atoms with Crippen molar-refractivity contribution in [2.45, 2.75) is 13.5 Å². The Morgan fingerprint density at radius 1 is 0.667 bits per heavy atom. The van der Waals surface area contributed by atoms with Gasteiger partial charge in [-0.15, -0.1) is 0 Å². The molecular weight excluding hydrogens is 326 g/mol. The van der Waals surface area contributed by atoms with Crippen LogP contribution >= 0.6 is 0 Å². The summed E-state index contributed by atoms with van der Waals surface area (Å²) in [6, 6.07) is 28.8. The minimum Gasteiger partial charge on any atom is -0.277 e. The number of hydrogen-bond donors (Lipinski definition) is 0. The second kappa shape index (κ2) is 10.0. The molecule has 0 aliphatic rings. The van der Waals surface area contributed by atoms with Gasteiger partial charge in [0.2, 0.25) is 0 Å². The molecular formula is C26H23N. The SMILES string of the molecule is Cc1cccc(CN(CC#Cc2ccccc2)CC#Cc2ccccc2)c1. The third-order valence-corrected chi connectivity index (χ3v) is 4.11. The number of benzene rings is 3. The minimum atomic E-state index is 0.687. The maximum Gasteiger partial charge on any atom is 0.0617 e. The molecule has 0 unspecified atom stereocenters. The molecule has 0 heterocycles. The molecule has 132 valence electrons. The van der Waals surface area contributed by atoms with Crippen molar-refractivity contribution in [1.82, 2.24) is 4.90 Å². The van der Waals surface area contributed by atoms with Gasteiger partial charge in [0, 0.05) is 17.7 Å². The molecule has 0 fully saturated rings. The maximum absolute atomic E-state index is 3.29. The van der Waals surface area contributed by atoms with E-state index in [9.17, 15) is 0 Å². The van der Waals surface area contributed by atoms with E-state index >= 15 is 0 Å². The smallest absolute Gasteiger partial charge is 0.0617 e. The fourth-order valence-corrected chi connectivity index (χ4v) is 2.79. The van der Waals surface area contributed by atoms with Crippen molar-refractivity contribution >= 4 is 0 Å². The van der Waals surface area contributed by atoms with E-state index in [-0.39, 0.29) is 0 Å².